The van der Waals surface area contributed by atoms with Gasteiger partial charge in [0.25, 0.3) is 0 Å². The van der Waals surface area contributed by atoms with Gasteiger partial charge in [-0.15, -0.1) is 0 Å². The number of thiophene rings is 1. The number of allylic oxidation sites excluding steroid dienone is 5. The first-order chi connectivity index (χ1) is 19.6. The molecule has 6 heteroatoms. The third-order valence-corrected chi connectivity index (χ3v) is 7.64. The maximum atomic E-state index is 4.69. The molecule has 0 bridgehead atoms. The van der Waals surface area contributed by atoms with E-state index in [4.69, 9.17) is 0 Å². The Morgan fingerprint density at radius 1 is 1.02 bits per heavy atom. The fourth-order valence-electron chi connectivity index (χ4n) is 4.96. The molecule has 0 radical (unpaired) electrons. The highest BCUT2D eigenvalue weighted by Gasteiger charge is 2.15. The standard InChI is InChI=1S/C34H29N5S/c1-4-24(16-27(5-2)36-22(3)15-23-9-7-6-8-10-23)25-11-12-31-29(17-25)34(39-38-31)32-18-28-30(26-13-14-40-21-26)19-35-20-33(28)37-32/h4-14,16-21,36-37H,2-3,15H2,1H3,(H,38,39)/b24-4+,27-16+. The van der Waals surface area contributed by atoms with Crippen LogP contribution in [0.25, 0.3) is 49.9 Å². The van der Waals surface area contributed by atoms with E-state index in [0.717, 1.165) is 67.7 Å². The molecule has 6 aromatic rings. The van der Waals surface area contributed by atoms with Crippen molar-refractivity contribution in [2.75, 3.05) is 0 Å². The quantitative estimate of drug-likeness (QED) is 0.161. The number of aromatic nitrogens is 4. The van der Waals surface area contributed by atoms with Gasteiger partial charge in [-0.2, -0.15) is 16.4 Å². The molecule has 0 fully saturated rings. The monoisotopic (exact) mass is 539 g/mol. The minimum absolute atomic E-state index is 0.746. The van der Waals surface area contributed by atoms with Crippen LogP contribution in [0.15, 0.2) is 127 Å². The van der Waals surface area contributed by atoms with E-state index in [-0.39, 0.29) is 0 Å². The van der Waals surface area contributed by atoms with Crippen molar-refractivity contribution >= 4 is 38.7 Å². The lowest BCUT2D eigenvalue weighted by molar-refractivity contribution is 0.942. The van der Waals surface area contributed by atoms with E-state index < -0.39 is 0 Å². The summed E-state index contributed by atoms with van der Waals surface area (Å²) in [6.45, 7) is 10.3. The molecule has 0 aliphatic heterocycles. The molecule has 3 N–H and O–H groups in total. The average molecular weight is 540 g/mol. The van der Waals surface area contributed by atoms with Crippen molar-refractivity contribution in [3.05, 3.63) is 138 Å². The van der Waals surface area contributed by atoms with Gasteiger partial charge in [0.15, 0.2) is 0 Å². The second-order valence-corrected chi connectivity index (χ2v) is 10.4. The molecule has 0 amide bonds. The summed E-state index contributed by atoms with van der Waals surface area (Å²) in [6, 6.07) is 21.0. The van der Waals surface area contributed by atoms with Gasteiger partial charge in [0.2, 0.25) is 0 Å². The molecule has 4 heterocycles. The maximum Gasteiger partial charge on any atom is 0.116 e. The first kappa shape index (κ1) is 25.3. The first-order valence-electron chi connectivity index (χ1n) is 13.1. The molecule has 2 aromatic carbocycles. The highest BCUT2D eigenvalue weighted by Crippen LogP contribution is 2.35. The summed E-state index contributed by atoms with van der Waals surface area (Å²) in [7, 11) is 0. The number of hydrogen-bond acceptors (Lipinski definition) is 4. The number of nitrogens with zero attached hydrogens (tertiary/aromatic N) is 2. The van der Waals surface area contributed by atoms with Crippen LogP contribution in [-0.4, -0.2) is 20.2 Å². The Morgan fingerprint density at radius 3 is 2.67 bits per heavy atom. The predicted octanol–water partition coefficient (Wildman–Crippen LogP) is 8.65. The van der Waals surface area contributed by atoms with Gasteiger partial charge in [0.05, 0.1) is 22.9 Å². The number of nitrogens with one attached hydrogen (secondary N) is 3. The van der Waals surface area contributed by atoms with Crippen LogP contribution >= 0.6 is 11.3 Å². The number of fused-ring (bicyclic) bond motifs is 2. The van der Waals surface area contributed by atoms with Gasteiger partial charge in [0, 0.05) is 40.3 Å². The molecule has 6 rings (SSSR count). The predicted molar refractivity (Wildman–Crippen MR) is 169 cm³/mol. The third-order valence-electron chi connectivity index (χ3n) is 6.95. The van der Waals surface area contributed by atoms with Crippen LogP contribution in [0.4, 0.5) is 0 Å². The smallest absolute Gasteiger partial charge is 0.116 e. The molecule has 0 saturated carbocycles. The van der Waals surface area contributed by atoms with Gasteiger partial charge < -0.3 is 10.3 Å². The van der Waals surface area contributed by atoms with Crippen LogP contribution in [0.1, 0.15) is 18.1 Å². The Kier molecular flexibility index (Phi) is 7.00. The highest BCUT2D eigenvalue weighted by molar-refractivity contribution is 7.08. The second-order valence-electron chi connectivity index (χ2n) is 9.61. The summed E-state index contributed by atoms with van der Waals surface area (Å²) in [5.74, 6) is 0. The zero-order valence-corrected chi connectivity index (χ0v) is 23.1. The van der Waals surface area contributed by atoms with E-state index in [2.05, 4.69) is 104 Å². The van der Waals surface area contributed by atoms with E-state index in [1.807, 2.05) is 43.6 Å². The van der Waals surface area contributed by atoms with Crippen LogP contribution in [0, 0.1) is 0 Å². The van der Waals surface area contributed by atoms with Gasteiger partial charge in [-0.1, -0.05) is 55.6 Å². The van der Waals surface area contributed by atoms with Gasteiger partial charge in [0.1, 0.15) is 5.69 Å². The van der Waals surface area contributed by atoms with Crippen LogP contribution in [0.3, 0.4) is 0 Å². The van der Waals surface area contributed by atoms with Crippen molar-refractivity contribution in [3.63, 3.8) is 0 Å². The molecule has 0 aliphatic rings. The number of aromatic amines is 2. The molecule has 4 aromatic heterocycles. The van der Waals surface area contributed by atoms with E-state index in [1.54, 1.807) is 11.3 Å². The van der Waals surface area contributed by atoms with Crippen molar-refractivity contribution < 1.29 is 0 Å². The highest BCUT2D eigenvalue weighted by atomic mass is 32.1. The lowest BCUT2D eigenvalue weighted by atomic mass is 10.0. The fourth-order valence-corrected chi connectivity index (χ4v) is 5.62. The second kappa shape index (κ2) is 11.0. The maximum absolute atomic E-state index is 4.69. The van der Waals surface area contributed by atoms with E-state index >= 15 is 0 Å². The lowest BCUT2D eigenvalue weighted by Crippen LogP contribution is -2.12. The SMILES string of the molecule is C=C/C(=C\C(=C/C)c1ccc2[nH]nc(-c3cc4c(-c5ccsc5)cncc4[nH]3)c2c1)NC(=C)Cc1ccccc1. The van der Waals surface area contributed by atoms with Crippen molar-refractivity contribution in [1.29, 1.82) is 0 Å². The zero-order valence-electron chi connectivity index (χ0n) is 22.2. The van der Waals surface area contributed by atoms with Crippen LogP contribution in [0.2, 0.25) is 0 Å². The molecular weight excluding hydrogens is 510 g/mol. The minimum Gasteiger partial charge on any atom is -0.359 e. The van der Waals surface area contributed by atoms with E-state index in [9.17, 15) is 0 Å². The Hall–Kier alpha value is -4.94. The Bertz CT molecular complexity index is 1890. The summed E-state index contributed by atoms with van der Waals surface area (Å²) >= 11 is 1.68. The Balaban J connectivity index is 1.32. The average Bonchev–Trinajstić information content (AvgIpc) is 3.74. The molecule has 0 spiro atoms. The molecule has 40 heavy (non-hydrogen) atoms. The molecule has 0 atom stereocenters. The molecule has 0 aliphatic carbocycles. The molecule has 0 unspecified atom stereocenters. The molecule has 5 nitrogen and oxygen atoms in total. The zero-order chi connectivity index (χ0) is 27.5. The van der Waals surface area contributed by atoms with Gasteiger partial charge >= 0.3 is 0 Å². The summed E-state index contributed by atoms with van der Waals surface area (Å²) in [5.41, 5.74) is 11.3. The number of rotatable bonds is 9. The minimum atomic E-state index is 0.746. The van der Waals surface area contributed by atoms with E-state index in [1.165, 1.54) is 11.1 Å². The first-order valence-corrected chi connectivity index (χ1v) is 14.0. The normalized spacial score (nSPS) is 12.2. The van der Waals surface area contributed by atoms with Crippen molar-refractivity contribution in [2.45, 2.75) is 13.3 Å². The summed E-state index contributed by atoms with van der Waals surface area (Å²) in [6.07, 6.45) is 10.6. The molecular formula is C34H29N5S. The largest absolute Gasteiger partial charge is 0.359 e. The number of hydrogen-bond donors (Lipinski definition) is 3. The summed E-state index contributed by atoms with van der Waals surface area (Å²) in [4.78, 5) is 8.00. The lowest BCUT2D eigenvalue weighted by Gasteiger charge is -2.12. The number of H-pyrrole nitrogens is 2. The number of benzene rings is 2. The van der Waals surface area contributed by atoms with Crippen LogP contribution in [0.5, 0.6) is 0 Å². The van der Waals surface area contributed by atoms with Crippen molar-refractivity contribution in [1.82, 2.24) is 25.5 Å². The van der Waals surface area contributed by atoms with Gasteiger partial charge in [-0.05, 0) is 76.4 Å². The van der Waals surface area contributed by atoms with Gasteiger partial charge in [-0.25, -0.2) is 0 Å². The van der Waals surface area contributed by atoms with Crippen LogP contribution < -0.4 is 5.32 Å². The van der Waals surface area contributed by atoms with Crippen molar-refractivity contribution in [3.8, 4) is 22.5 Å². The molecule has 0 saturated heterocycles. The Morgan fingerprint density at radius 2 is 1.90 bits per heavy atom. The third kappa shape index (κ3) is 5.05. The molecule has 196 valence electrons. The summed E-state index contributed by atoms with van der Waals surface area (Å²) < 4.78 is 0. The summed E-state index contributed by atoms with van der Waals surface area (Å²) in [5, 5.41) is 17.7. The topological polar surface area (TPSA) is 69.4 Å². The van der Waals surface area contributed by atoms with Crippen LogP contribution in [-0.2, 0) is 6.42 Å². The number of pyridine rings is 1. The van der Waals surface area contributed by atoms with Crippen molar-refractivity contribution in [2.24, 2.45) is 0 Å². The van der Waals surface area contributed by atoms with Gasteiger partial charge in [-0.3, -0.25) is 10.1 Å². The van der Waals surface area contributed by atoms with E-state index in [0.29, 0.717) is 0 Å². The Labute approximate surface area is 237 Å². The fraction of sp³-hybridized carbons (Fsp3) is 0.0588.